The van der Waals surface area contributed by atoms with Gasteiger partial charge in [0.25, 0.3) is 0 Å². The highest BCUT2D eigenvalue weighted by atomic mass is 16.4. The first-order valence-electron chi connectivity index (χ1n) is 5.32. The number of hydrogen-bond acceptors (Lipinski definition) is 3. The molecule has 0 amide bonds. The van der Waals surface area contributed by atoms with E-state index in [0.717, 1.165) is 17.3 Å². The lowest BCUT2D eigenvalue weighted by Crippen LogP contribution is -2.17. The Morgan fingerprint density at radius 3 is 2.57 bits per heavy atom. The molecule has 0 unspecified atom stereocenters. The molecule has 0 aromatic carbocycles. The molecule has 1 saturated carbocycles. The first-order valence-corrected chi connectivity index (χ1v) is 5.32. The highest BCUT2D eigenvalue weighted by Gasteiger charge is 2.35. The number of aromatic nitrogens is 1. The van der Waals surface area contributed by atoms with Crippen molar-refractivity contribution in [3.8, 4) is 0 Å². The minimum Gasteiger partial charge on any atom is -0.443 e. The normalized spacial score (nSPS) is 20.2. The number of aryl methyl sites for hydroxylation is 1. The molecule has 0 atom stereocenters. The van der Waals surface area contributed by atoms with Crippen molar-refractivity contribution in [1.29, 1.82) is 0 Å². The number of rotatable bonds is 2. The Kier molecular flexibility index (Phi) is 2.35. The first-order chi connectivity index (χ1) is 6.65. The molecule has 0 bridgehead atoms. The van der Waals surface area contributed by atoms with E-state index in [4.69, 9.17) is 10.2 Å². The van der Waals surface area contributed by atoms with E-state index in [9.17, 15) is 0 Å². The van der Waals surface area contributed by atoms with Gasteiger partial charge < -0.3 is 10.2 Å². The maximum atomic E-state index is 5.71. The monoisotopic (exact) mass is 194 g/mol. The molecule has 1 aliphatic rings. The van der Waals surface area contributed by atoms with Gasteiger partial charge in [-0.3, -0.25) is 0 Å². The molecular weight excluding hydrogens is 176 g/mol. The molecule has 2 rings (SSSR count). The van der Waals surface area contributed by atoms with Crippen LogP contribution in [0.1, 0.15) is 50.0 Å². The summed E-state index contributed by atoms with van der Waals surface area (Å²) in [7, 11) is 0. The molecule has 14 heavy (non-hydrogen) atoms. The van der Waals surface area contributed by atoms with Crippen LogP contribution in [-0.2, 0) is 12.0 Å². The van der Waals surface area contributed by atoms with Crippen LogP contribution < -0.4 is 5.73 Å². The molecule has 1 aromatic rings. The van der Waals surface area contributed by atoms with Crippen molar-refractivity contribution in [2.24, 2.45) is 5.73 Å². The predicted molar refractivity (Wildman–Crippen MR) is 55.0 cm³/mol. The van der Waals surface area contributed by atoms with E-state index in [1.54, 1.807) is 0 Å². The molecule has 2 N–H and O–H groups in total. The van der Waals surface area contributed by atoms with Gasteiger partial charge in [0.2, 0.25) is 5.89 Å². The van der Waals surface area contributed by atoms with Crippen molar-refractivity contribution in [3.63, 3.8) is 0 Å². The lowest BCUT2D eigenvalue weighted by atomic mass is 9.89. The van der Waals surface area contributed by atoms with E-state index in [-0.39, 0.29) is 5.41 Å². The molecule has 0 radical (unpaired) electrons. The Labute approximate surface area is 84.7 Å². The second-order valence-corrected chi connectivity index (χ2v) is 4.50. The van der Waals surface area contributed by atoms with E-state index in [1.165, 1.54) is 25.7 Å². The Balaban J connectivity index is 2.31. The van der Waals surface area contributed by atoms with Gasteiger partial charge in [-0.1, -0.05) is 19.8 Å². The van der Waals surface area contributed by atoms with Crippen LogP contribution in [0.3, 0.4) is 0 Å². The number of hydrogen-bond donors (Lipinski definition) is 1. The fourth-order valence-corrected chi connectivity index (χ4v) is 2.24. The first kappa shape index (κ1) is 9.71. The average Bonchev–Trinajstić information content (AvgIpc) is 2.73. The van der Waals surface area contributed by atoms with Crippen LogP contribution in [0.2, 0.25) is 0 Å². The number of nitrogens with two attached hydrogens (primary N) is 1. The van der Waals surface area contributed by atoms with Crippen LogP contribution in [0.5, 0.6) is 0 Å². The zero-order chi connectivity index (χ0) is 10.2. The van der Waals surface area contributed by atoms with E-state index in [2.05, 4.69) is 11.9 Å². The Bertz CT molecular complexity index is 324. The number of oxazole rings is 1. The molecule has 78 valence electrons. The zero-order valence-electron chi connectivity index (χ0n) is 8.97. The van der Waals surface area contributed by atoms with Gasteiger partial charge in [-0.15, -0.1) is 0 Å². The maximum absolute atomic E-state index is 5.71. The lowest BCUT2D eigenvalue weighted by Gasteiger charge is -2.18. The van der Waals surface area contributed by atoms with Crippen LogP contribution in [0, 0.1) is 6.92 Å². The van der Waals surface area contributed by atoms with Gasteiger partial charge in [-0.25, -0.2) is 4.98 Å². The minimum absolute atomic E-state index is 0.165. The van der Waals surface area contributed by atoms with Gasteiger partial charge >= 0.3 is 0 Å². The predicted octanol–water partition coefficient (Wildman–Crippen LogP) is 2.27. The molecule has 3 nitrogen and oxygen atoms in total. The lowest BCUT2D eigenvalue weighted by molar-refractivity contribution is 0.337. The minimum atomic E-state index is 0.165. The third kappa shape index (κ3) is 1.46. The highest BCUT2D eigenvalue weighted by Crippen LogP contribution is 2.40. The summed E-state index contributed by atoms with van der Waals surface area (Å²) < 4.78 is 5.71. The SMILES string of the molecule is Cc1nc(C2(C)CCCC2)oc1CN. The highest BCUT2D eigenvalue weighted by molar-refractivity contribution is 5.14. The summed E-state index contributed by atoms with van der Waals surface area (Å²) in [5.74, 6) is 1.74. The maximum Gasteiger partial charge on any atom is 0.200 e. The van der Waals surface area contributed by atoms with E-state index in [1.807, 2.05) is 6.92 Å². The third-order valence-electron chi connectivity index (χ3n) is 3.30. The standard InChI is InChI=1S/C11H18N2O/c1-8-9(7-12)14-10(13-8)11(2)5-3-4-6-11/h3-7,12H2,1-2H3. The Morgan fingerprint density at radius 1 is 1.43 bits per heavy atom. The van der Waals surface area contributed by atoms with Crippen molar-refractivity contribution >= 4 is 0 Å². The summed E-state index contributed by atoms with van der Waals surface area (Å²) >= 11 is 0. The van der Waals surface area contributed by atoms with Gasteiger partial charge in [0.15, 0.2) is 0 Å². The van der Waals surface area contributed by atoms with Crippen LogP contribution in [0.25, 0.3) is 0 Å². The van der Waals surface area contributed by atoms with Gasteiger partial charge in [0.05, 0.1) is 12.2 Å². The van der Waals surface area contributed by atoms with Crippen molar-refractivity contribution < 1.29 is 4.42 Å². The molecule has 1 heterocycles. The van der Waals surface area contributed by atoms with Crippen molar-refractivity contribution in [1.82, 2.24) is 4.98 Å². The van der Waals surface area contributed by atoms with Crippen LogP contribution in [-0.4, -0.2) is 4.98 Å². The second kappa shape index (κ2) is 3.39. The molecule has 1 aromatic heterocycles. The average molecular weight is 194 g/mol. The van der Waals surface area contributed by atoms with Gasteiger partial charge in [0.1, 0.15) is 5.76 Å². The second-order valence-electron chi connectivity index (χ2n) is 4.50. The van der Waals surface area contributed by atoms with E-state index >= 15 is 0 Å². The quantitative estimate of drug-likeness (QED) is 0.785. The number of nitrogens with zero attached hydrogens (tertiary/aromatic N) is 1. The molecule has 1 fully saturated rings. The summed E-state index contributed by atoms with van der Waals surface area (Å²) in [5, 5.41) is 0. The summed E-state index contributed by atoms with van der Waals surface area (Å²) in [6, 6.07) is 0. The molecular formula is C11H18N2O. The summed E-state index contributed by atoms with van der Waals surface area (Å²) in [5.41, 5.74) is 6.69. The summed E-state index contributed by atoms with van der Waals surface area (Å²) in [4.78, 5) is 4.49. The van der Waals surface area contributed by atoms with Crippen molar-refractivity contribution in [3.05, 3.63) is 17.3 Å². The topological polar surface area (TPSA) is 52.0 Å². The van der Waals surface area contributed by atoms with E-state index in [0.29, 0.717) is 6.54 Å². The van der Waals surface area contributed by atoms with Crippen LogP contribution in [0.4, 0.5) is 0 Å². The fourth-order valence-electron chi connectivity index (χ4n) is 2.24. The summed E-state index contributed by atoms with van der Waals surface area (Å²) in [6.07, 6.45) is 4.96. The molecule has 0 saturated heterocycles. The smallest absolute Gasteiger partial charge is 0.200 e. The van der Waals surface area contributed by atoms with E-state index < -0.39 is 0 Å². The zero-order valence-corrected chi connectivity index (χ0v) is 8.97. The third-order valence-corrected chi connectivity index (χ3v) is 3.30. The molecule has 0 aliphatic heterocycles. The molecule has 0 spiro atoms. The molecule has 3 heteroatoms. The van der Waals surface area contributed by atoms with Crippen molar-refractivity contribution in [2.75, 3.05) is 0 Å². The molecule has 1 aliphatic carbocycles. The van der Waals surface area contributed by atoms with Gasteiger partial charge in [-0.05, 0) is 19.8 Å². The Hall–Kier alpha value is -0.830. The van der Waals surface area contributed by atoms with Crippen LogP contribution >= 0.6 is 0 Å². The largest absolute Gasteiger partial charge is 0.443 e. The van der Waals surface area contributed by atoms with Crippen molar-refractivity contribution in [2.45, 2.75) is 51.5 Å². The van der Waals surface area contributed by atoms with Gasteiger partial charge in [0, 0.05) is 5.41 Å². The fraction of sp³-hybridized carbons (Fsp3) is 0.727. The Morgan fingerprint density at radius 2 is 2.07 bits per heavy atom. The summed E-state index contributed by atoms with van der Waals surface area (Å²) in [6.45, 7) is 4.66. The van der Waals surface area contributed by atoms with Gasteiger partial charge in [-0.2, -0.15) is 0 Å². The van der Waals surface area contributed by atoms with Crippen LogP contribution in [0.15, 0.2) is 4.42 Å².